The normalized spacial score (nSPS) is 10.4. The second-order valence-corrected chi connectivity index (χ2v) is 3.70. The van der Waals surface area contributed by atoms with Gasteiger partial charge in [-0.25, -0.2) is 8.78 Å². The lowest BCUT2D eigenvalue weighted by Gasteiger charge is -2.07. The molecule has 82 valence electrons. The number of benzene rings is 2. The Kier molecular flexibility index (Phi) is 2.60. The summed E-state index contributed by atoms with van der Waals surface area (Å²) in [7, 11) is 0. The molecule has 0 bridgehead atoms. The van der Waals surface area contributed by atoms with Gasteiger partial charge in [0.05, 0.1) is 0 Å². The fourth-order valence-corrected chi connectivity index (χ4v) is 1.61. The van der Waals surface area contributed by atoms with E-state index in [9.17, 15) is 8.78 Å². The molecule has 0 aliphatic rings. The maximum absolute atomic E-state index is 13.1. The van der Waals surface area contributed by atoms with E-state index in [1.807, 2.05) is 13.0 Å². The summed E-state index contributed by atoms with van der Waals surface area (Å²) in [6.07, 6.45) is 0. The van der Waals surface area contributed by atoms with Gasteiger partial charge in [0, 0.05) is 5.69 Å². The third kappa shape index (κ3) is 1.89. The van der Waals surface area contributed by atoms with E-state index in [0.717, 1.165) is 17.2 Å². The first-order valence-corrected chi connectivity index (χ1v) is 4.89. The van der Waals surface area contributed by atoms with E-state index in [1.165, 1.54) is 6.07 Å². The van der Waals surface area contributed by atoms with Gasteiger partial charge >= 0.3 is 0 Å². The molecule has 2 aromatic rings. The van der Waals surface area contributed by atoms with Crippen molar-refractivity contribution < 1.29 is 8.78 Å². The van der Waals surface area contributed by atoms with Gasteiger partial charge in [0.1, 0.15) is 0 Å². The molecule has 0 fully saturated rings. The standard InChI is InChI=1S/C13H11F2N/c1-8-2-4-10(16)7-11(8)9-3-5-12(14)13(15)6-9/h2-7H,16H2,1H3. The zero-order valence-electron chi connectivity index (χ0n) is 8.80. The topological polar surface area (TPSA) is 26.0 Å². The van der Waals surface area contributed by atoms with Crippen molar-refractivity contribution in [1.29, 1.82) is 0 Å². The highest BCUT2D eigenvalue weighted by Gasteiger charge is 2.06. The van der Waals surface area contributed by atoms with Gasteiger partial charge in [-0.2, -0.15) is 0 Å². The number of aryl methyl sites for hydroxylation is 1. The molecule has 0 heterocycles. The summed E-state index contributed by atoms with van der Waals surface area (Å²) in [4.78, 5) is 0. The van der Waals surface area contributed by atoms with Crippen molar-refractivity contribution in [2.24, 2.45) is 0 Å². The Labute approximate surface area is 92.5 Å². The first kappa shape index (κ1) is 10.6. The van der Waals surface area contributed by atoms with Gasteiger partial charge in [0.25, 0.3) is 0 Å². The van der Waals surface area contributed by atoms with Crippen molar-refractivity contribution >= 4 is 5.69 Å². The second kappa shape index (κ2) is 3.93. The van der Waals surface area contributed by atoms with E-state index in [4.69, 9.17) is 5.73 Å². The largest absolute Gasteiger partial charge is 0.399 e. The second-order valence-electron chi connectivity index (χ2n) is 3.70. The molecule has 2 N–H and O–H groups in total. The summed E-state index contributed by atoms with van der Waals surface area (Å²) in [5.74, 6) is -1.69. The SMILES string of the molecule is Cc1ccc(N)cc1-c1ccc(F)c(F)c1. The summed E-state index contributed by atoms with van der Waals surface area (Å²) < 4.78 is 25.9. The fourth-order valence-electron chi connectivity index (χ4n) is 1.61. The highest BCUT2D eigenvalue weighted by Crippen LogP contribution is 2.26. The molecule has 3 heteroatoms. The van der Waals surface area contributed by atoms with Crippen molar-refractivity contribution in [3.63, 3.8) is 0 Å². The van der Waals surface area contributed by atoms with Crippen LogP contribution in [0.15, 0.2) is 36.4 Å². The summed E-state index contributed by atoms with van der Waals surface area (Å²) in [5.41, 5.74) is 8.69. The number of nitrogens with two attached hydrogens (primary N) is 1. The lowest BCUT2D eigenvalue weighted by molar-refractivity contribution is 0.509. The predicted molar refractivity (Wildman–Crippen MR) is 60.9 cm³/mol. The van der Waals surface area contributed by atoms with E-state index >= 15 is 0 Å². The minimum Gasteiger partial charge on any atom is -0.399 e. The summed E-state index contributed by atoms with van der Waals surface area (Å²) in [6.45, 7) is 1.90. The fraction of sp³-hybridized carbons (Fsp3) is 0.0769. The maximum atomic E-state index is 13.1. The molecule has 0 spiro atoms. The lowest BCUT2D eigenvalue weighted by atomic mass is 10.00. The predicted octanol–water partition coefficient (Wildman–Crippen LogP) is 3.52. The average Bonchev–Trinajstić information content (AvgIpc) is 2.26. The third-order valence-corrected chi connectivity index (χ3v) is 2.49. The van der Waals surface area contributed by atoms with Crippen LogP contribution in [-0.2, 0) is 0 Å². The van der Waals surface area contributed by atoms with Gasteiger partial charge in [-0.05, 0) is 47.9 Å². The summed E-state index contributed by atoms with van der Waals surface area (Å²) in [6, 6.07) is 9.22. The smallest absolute Gasteiger partial charge is 0.159 e. The van der Waals surface area contributed by atoms with Crippen LogP contribution < -0.4 is 5.73 Å². The molecule has 0 aliphatic heterocycles. The molecule has 16 heavy (non-hydrogen) atoms. The van der Waals surface area contributed by atoms with Crippen LogP contribution in [0.3, 0.4) is 0 Å². The first-order valence-electron chi connectivity index (χ1n) is 4.89. The summed E-state index contributed by atoms with van der Waals surface area (Å²) >= 11 is 0. The van der Waals surface area contributed by atoms with Gasteiger partial charge in [0.2, 0.25) is 0 Å². The molecule has 0 saturated heterocycles. The highest BCUT2D eigenvalue weighted by atomic mass is 19.2. The quantitative estimate of drug-likeness (QED) is 0.729. The van der Waals surface area contributed by atoms with Crippen LogP contribution >= 0.6 is 0 Å². The molecule has 0 saturated carbocycles. The molecular formula is C13H11F2N. The Hall–Kier alpha value is -1.90. The minimum atomic E-state index is -0.848. The van der Waals surface area contributed by atoms with Gasteiger partial charge < -0.3 is 5.73 Å². The van der Waals surface area contributed by atoms with Crippen molar-refractivity contribution in [1.82, 2.24) is 0 Å². The maximum Gasteiger partial charge on any atom is 0.159 e. The number of hydrogen-bond donors (Lipinski definition) is 1. The number of halogens is 2. The van der Waals surface area contributed by atoms with Crippen molar-refractivity contribution in [3.05, 3.63) is 53.6 Å². The molecule has 0 aliphatic carbocycles. The Morgan fingerprint density at radius 2 is 1.69 bits per heavy atom. The van der Waals surface area contributed by atoms with Crippen LogP contribution in [0, 0.1) is 18.6 Å². The van der Waals surface area contributed by atoms with Crippen LogP contribution in [0.1, 0.15) is 5.56 Å². The Bertz CT molecular complexity index is 535. The van der Waals surface area contributed by atoms with Crippen LogP contribution in [0.4, 0.5) is 14.5 Å². The van der Waals surface area contributed by atoms with E-state index in [-0.39, 0.29) is 0 Å². The molecule has 0 atom stereocenters. The van der Waals surface area contributed by atoms with Crippen LogP contribution in [0.25, 0.3) is 11.1 Å². The Morgan fingerprint density at radius 3 is 2.38 bits per heavy atom. The third-order valence-electron chi connectivity index (χ3n) is 2.49. The Balaban J connectivity index is 2.58. The van der Waals surface area contributed by atoms with E-state index < -0.39 is 11.6 Å². The van der Waals surface area contributed by atoms with Crippen molar-refractivity contribution in [2.45, 2.75) is 6.92 Å². The number of anilines is 1. The van der Waals surface area contributed by atoms with Gasteiger partial charge in [-0.3, -0.25) is 0 Å². The van der Waals surface area contributed by atoms with E-state index in [1.54, 1.807) is 18.2 Å². The van der Waals surface area contributed by atoms with E-state index in [0.29, 0.717) is 11.3 Å². The molecule has 0 unspecified atom stereocenters. The average molecular weight is 219 g/mol. The van der Waals surface area contributed by atoms with Gasteiger partial charge in [-0.1, -0.05) is 12.1 Å². The highest BCUT2D eigenvalue weighted by molar-refractivity contribution is 5.70. The Morgan fingerprint density at radius 1 is 0.938 bits per heavy atom. The van der Waals surface area contributed by atoms with Crippen molar-refractivity contribution in [3.8, 4) is 11.1 Å². The van der Waals surface area contributed by atoms with Crippen LogP contribution in [-0.4, -0.2) is 0 Å². The molecule has 0 radical (unpaired) electrons. The number of rotatable bonds is 1. The van der Waals surface area contributed by atoms with E-state index in [2.05, 4.69) is 0 Å². The number of hydrogen-bond acceptors (Lipinski definition) is 1. The monoisotopic (exact) mass is 219 g/mol. The van der Waals surface area contributed by atoms with Gasteiger partial charge in [0.15, 0.2) is 11.6 Å². The van der Waals surface area contributed by atoms with Crippen LogP contribution in [0.5, 0.6) is 0 Å². The zero-order chi connectivity index (χ0) is 11.7. The van der Waals surface area contributed by atoms with Crippen molar-refractivity contribution in [2.75, 3.05) is 5.73 Å². The summed E-state index contributed by atoms with van der Waals surface area (Å²) in [5, 5.41) is 0. The molecule has 0 amide bonds. The minimum absolute atomic E-state index is 0.602. The first-order chi connectivity index (χ1) is 7.58. The molecule has 2 rings (SSSR count). The van der Waals surface area contributed by atoms with Gasteiger partial charge in [-0.15, -0.1) is 0 Å². The van der Waals surface area contributed by atoms with Crippen LogP contribution in [0.2, 0.25) is 0 Å². The molecule has 2 aromatic carbocycles. The number of nitrogen functional groups attached to an aromatic ring is 1. The molecular weight excluding hydrogens is 208 g/mol. The zero-order valence-corrected chi connectivity index (χ0v) is 8.80. The lowest BCUT2D eigenvalue weighted by Crippen LogP contribution is -1.90. The molecule has 0 aromatic heterocycles. The molecule has 1 nitrogen and oxygen atoms in total.